The topological polar surface area (TPSA) is 126 Å². The smallest absolute Gasteiger partial charge is 0.290 e. The molecular formula is C22H22N6O3. The maximum absolute atomic E-state index is 12.5. The van der Waals surface area contributed by atoms with E-state index in [1.54, 1.807) is 11.0 Å². The van der Waals surface area contributed by atoms with Gasteiger partial charge in [-0.1, -0.05) is 18.2 Å². The van der Waals surface area contributed by atoms with E-state index >= 15 is 0 Å². The zero-order valence-electron chi connectivity index (χ0n) is 17.4. The van der Waals surface area contributed by atoms with Gasteiger partial charge in [-0.3, -0.25) is 9.59 Å². The van der Waals surface area contributed by atoms with Gasteiger partial charge in [0, 0.05) is 29.0 Å². The third kappa shape index (κ3) is 3.54. The molecule has 0 bridgehead atoms. The van der Waals surface area contributed by atoms with E-state index in [0.717, 1.165) is 39.1 Å². The van der Waals surface area contributed by atoms with Crippen LogP contribution in [0.4, 0.5) is 5.82 Å². The standard InChI is InChI=1S/C21H20N6O.CH2O2/c1-11-8-17(24-16-7-5-4-6-14(11)16)27-21-19(12(2)26-27)15(9-18(28)25-21)20-13(3)22-10-23-20;2-1-3/h4-8,10,15H,9H2,1-3H3,(H,22,23)(H,25,28);1H,(H,2,3). The number of anilines is 1. The van der Waals surface area contributed by atoms with Crippen LogP contribution in [-0.4, -0.2) is 42.2 Å². The summed E-state index contributed by atoms with van der Waals surface area (Å²) in [6.45, 7) is 5.75. The van der Waals surface area contributed by atoms with Crippen LogP contribution in [0.1, 0.15) is 40.5 Å². The monoisotopic (exact) mass is 418 g/mol. The number of imidazole rings is 1. The largest absolute Gasteiger partial charge is 0.483 e. The number of aryl methyl sites for hydroxylation is 3. The number of carbonyl (C=O) groups is 2. The van der Waals surface area contributed by atoms with Gasteiger partial charge in [0.05, 0.1) is 23.2 Å². The Labute approximate surface area is 178 Å². The first-order chi connectivity index (χ1) is 14.9. The molecule has 31 heavy (non-hydrogen) atoms. The van der Waals surface area contributed by atoms with E-state index in [1.165, 1.54) is 0 Å². The number of rotatable bonds is 2. The van der Waals surface area contributed by atoms with Crippen molar-refractivity contribution in [2.45, 2.75) is 33.1 Å². The number of nitrogens with one attached hydrogen (secondary N) is 2. The number of pyridine rings is 1. The Morgan fingerprint density at radius 1 is 1.23 bits per heavy atom. The lowest BCUT2D eigenvalue weighted by molar-refractivity contribution is -0.123. The molecule has 9 nitrogen and oxygen atoms in total. The summed E-state index contributed by atoms with van der Waals surface area (Å²) in [5.41, 5.74) is 5.75. The quantitative estimate of drug-likeness (QED) is 0.429. The van der Waals surface area contributed by atoms with Crippen molar-refractivity contribution in [3.8, 4) is 5.82 Å². The Hall–Kier alpha value is -4.01. The fourth-order valence-electron chi connectivity index (χ4n) is 4.11. The molecule has 0 spiro atoms. The number of aromatic amines is 1. The molecule has 1 unspecified atom stereocenters. The molecule has 4 heterocycles. The minimum atomic E-state index is -0.250. The van der Waals surface area contributed by atoms with E-state index in [2.05, 4.69) is 28.3 Å². The molecule has 158 valence electrons. The molecule has 5 rings (SSSR count). The lowest BCUT2D eigenvalue weighted by Gasteiger charge is -2.23. The summed E-state index contributed by atoms with van der Waals surface area (Å²) in [5, 5.41) is 15.7. The number of fused-ring (bicyclic) bond motifs is 2. The zero-order valence-corrected chi connectivity index (χ0v) is 17.4. The maximum Gasteiger partial charge on any atom is 0.290 e. The highest BCUT2D eigenvalue weighted by Crippen LogP contribution is 2.40. The second-order valence-corrected chi connectivity index (χ2v) is 7.40. The summed E-state index contributed by atoms with van der Waals surface area (Å²) < 4.78 is 1.75. The van der Waals surface area contributed by atoms with Gasteiger partial charge in [-0.15, -0.1) is 0 Å². The number of aromatic nitrogens is 5. The lowest BCUT2D eigenvalue weighted by atomic mass is 9.88. The molecule has 0 radical (unpaired) electrons. The van der Waals surface area contributed by atoms with E-state index in [4.69, 9.17) is 20.0 Å². The van der Waals surface area contributed by atoms with Gasteiger partial charge >= 0.3 is 0 Å². The van der Waals surface area contributed by atoms with Gasteiger partial charge in [0.15, 0.2) is 5.82 Å². The molecule has 1 atom stereocenters. The van der Waals surface area contributed by atoms with Gasteiger partial charge in [0.1, 0.15) is 5.82 Å². The second kappa shape index (κ2) is 8.02. The van der Waals surface area contributed by atoms with Crippen molar-refractivity contribution < 1.29 is 14.7 Å². The van der Waals surface area contributed by atoms with Crippen LogP contribution in [0.15, 0.2) is 36.7 Å². The van der Waals surface area contributed by atoms with E-state index in [1.807, 2.05) is 38.1 Å². The zero-order chi connectivity index (χ0) is 22.1. The Kier molecular flexibility index (Phi) is 5.24. The summed E-state index contributed by atoms with van der Waals surface area (Å²) in [7, 11) is 0. The van der Waals surface area contributed by atoms with Crippen molar-refractivity contribution in [1.29, 1.82) is 0 Å². The summed E-state index contributed by atoms with van der Waals surface area (Å²) in [6, 6.07) is 10.0. The summed E-state index contributed by atoms with van der Waals surface area (Å²) in [4.78, 5) is 33.2. The molecule has 0 fully saturated rings. The van der Waals surface area contributed by atoms with Gasteiger partial charge in [0.25, 0.3) is 6.47 Å². The lowest BCUT2D eigenvalue weighted by Crippen LogP contribution is -2.25. The summed E-state index contributed by atoms with van der Waals surface area (Å²) >= 11 is 0. The number of carbonyl (C=O) groups excluding carboxylic acids is 1. The highest BCUT2D eigenvalue weighted by molar-refractivity contribution is 5.95. The highest BCUT2D eigenvalue weighted by Gasteiger charge is 2.34. The Balaban J connectivity index is 0.000000730. The molecule has 4 aromatic rings. The predicted octanol–water partition coefficient (Wildman–Crippen LogP) is 3.24. The molecule has 3 N–H and O–H groups in total. The van der Waals surface area contributed by atoms with Crippen molar-refractivity contribution in [2.75, 3.05) is 5.32 Å². The van der Waals surface area contributed by atoms with E-state index in [0.29, 0.717) is 18.1 Å². The van der Waals surface area contributed by atoms with E-state index in [-0.39, 0.29) is 18.3 Å². The van der Waals surface area contributed by atoms with Crippen LogP contribution < -0.4 is 5.32 Å². The third-order valence-corrected chi connectivity index (χ3v) is 5.43. The maximum atomic E-state index is 12.5. The molecule has 0 saturated heterocycles. The van der Waals surface area contributed by atoms with E-state index < -0.39 is 0 Å². The molecule has 0 aliphatic carbocycles. The SMILES string of the molecule is Cc1nn(-c2cc(C)c3ccccc3n2)c2c1C(c1nc[nH]c1C)CC(=O)N2.O=CO. The number of hydrogen-bond acceptors (Lipinski definition) is 5. The molecule has 1 aliphatic heterocycles. The highest BCUT2D eigenvalue weighted by atomic mass is 16.3. The van der Waals surface area contributed by atoms with Gasteiger partial charge in [-0.25, -0.2) is 9.97 Å². The molecule has 1 aliphatic rings. The van der Waals surface area contributed by atoms with Crippen LogP contribution in [0.25, 0.3) is 16.7 Å². The minimum Gasteiger partial charge on any atom is -0.483 e. The van der Waals surface area contributed by atoms with Crippen molar-refractivity contribution >= 4 is 29.1 Å². The van der Waals surface area contributed by atoms with Crippen molar-refractivity contribution in [3.63, 3.8) is 0 Å². The first-order valence-electron chi connectivity index (χ1n) is 9.78. The molecule has 1 aromatic carbocycles. The average Bonchev–Trinajstić information content (AvgIpc) is 3.31. The van der Waals surface area contributed by atoms with Crippen LogP contribution in [0, 0.1) is 20.8 Å². The van der Waals surface area contributed by atoms with Crippen LogP contribution in [0.2, 0.25) is 0 Å². The number of H-pyrrole nitrogens is 1. The number of nitrogens with zero attached hydrogens (tertiary/aromatic N) is 4. The number of hydrogen-bond donors (Lipinski definition) is 3. The molecule has 9 heteroatoms. The van der Waals surface area contributed by atoms with Gasteiger partial charge < -0.3 is 15.4 Å². The Bertz CT molecular complexity index is 1290. The minimum absolute atomic E-state index is 0.0430. The van der Waals surface area contributed by atoms with Gasteiger partial charge in [-0.05, 0) is 38.5 Å². The van der Waals surface area contributed by atoms with Crippen LogP contribution in [-0.2, 0) is 9.59 Å². The number of carboxylic acid groups (broad SMARTS) is 1. The van der Waals surface area contributed by atoms with Crippen molar-refractivity contribution in [2.24, 2.45) is 0 Å². The molecular weight excluding hydrogens is 396 g/mol. The first kappa shape index (κ1) is 20.3. The second-order valence-electron chi connectivity index (χ2n) is 7.40. The first-order valence-corrected chi connectivity index (χ1v) is 9.78. The van der Waals surface area contributed by atoms with Crippen LogP contribution in [0.3, 0.4) is 0 Å². The summed E-state index contributed by atoms with van der Waals surface area (Å²) in [5.74, 6) is 1.22. The van der Waals surface area contributed by atoms with E-state index in [9.17, 15) is 4.79 Å². The van der Waals surface area contributed by atoms with Crippen molar-refractivity contribution in [3.05, 3.63) is 64.9 Å². The van der Waals surface area contributed by atoms with Crippen molar-refractivity contribution in [1.82, 2.24) is 24.7 Å². The fraction of sp³-hybridized carbons (Fsp3) is 0.227. The normalized spacial score (nSPS) is 15.1. The fourth-order valence-corrected chi connectivity index (χ4v) is 4.11. The predicted molar refractivity (Wildman–Crippen MR) is 115 cm³/mol. The molecule has 3 aromatic heterocycles. The van der Waals surface area contributed by atoms with Crippen LogP contribution in [0.5, 0.6) is 0 Å². The van der Waals surface area contributed by atoms with Gasteiger partial charge in [0.2, 0.25) is 5.91 Å². The van der Waals surface area contributed by atoms with Gasteiger partial charge in [-0.2, -0.15) is 9.78 Å². The molecule has 0 saturated carbocycles. The summed E-state index contributed by atoms with van der Waals surface area (Å²) in [6.07, 6.45) is 2.03. The van der Waals surface area contributed by atoms with Crippen LogP contribution >= 0.6 is 0 Å². The third-order valence-electron chi connectivity index (χ3n) is 5.43. The molecule has 1 amide bonds. The Morgan fingerprint density at radius 3 is 2.68 bits per heavy atom. The number of para-hydroxylation sites is 1. The average molecular weight is 418 g/mol. The Morgan fingerprint density at radius 2 is 1.97 bits per heavy atom. The number of amides is 1. The number of benzene rings is 1.